The molecule has 1 aliphatic rings. The minimum Gasteiger partial charge on any atom is -0.494 e. The summed E-state index contributed by atoms with van der Waals surface area (Å²) in [4.78, 5) is 30.8. The van der Waals surface area contributed by atoms with Gasteiger partial charge in [0.05, 0.1) is 16.8 Å². The summed E-state index contributed by atoms with van der Waals surface area (Å²) >= 11 is 1.42. The van der Waals surface area contributed by atoms with E-state index in [2.05, 4.69) is 10.3 Å². The van der Waals surface area contributed by atoms with Gasteiger partial charge in [-0.1, -0.05) is 23.5 Å². The average Bonchev–Trinajstić information content (AvgIpc) is 3.27. The molecule has 144 valence electrons. The predicted molar refractivity (Wildman–Crippen MR) is 110 cm³/mol. The highest BCUT2D eigenvalue weighted by Gasteiger charge is 2.20. The quantitative estimate of drug-likeness (QED) is 0.683. The minimum absolute atomic E-state index is 0.177. The molecule has 2 amide bonds. The fraction of sp³-hybridized carbons (Fsp3) is 0.286. The normalized spacial score (nSPS) is 13.9. The van der Waals surface area contributed by atoms with Gasteiger partial charge in [-0.15, -0.1) is 0 Å². The zero-order valence-electron chi connectivity index (χ0n) is 15.6. The number of aromatic nitrogens is 1. The monoisotopic (exact) mass is 395 g/mol. The number of anilines is 1. The van der Waals surface area contributed by atoms with Gasteiger partial charge in [0.2, 0.25) is 5.91 Å². The molecular weight excluding hydrogens is 374 g/mol. The van der Waals surface area contributed by atoms with Crippen LogP contribution in [0.2, 0.25) is 0 Å². The molecule has 2 aromatic carbocycles. The number of amides is 2. The number of ether oxygens (including phenoxy) is 1. The number of benzene rings is 2. The molecule has 1 aromatic heterocycles. The number of nitrogens with one attached hydrogen (secondary N) is 1. The molecule has 0 radical (unpaired) electrons. The second-order valence-electron chi connectivity index (χ2n) is 6.65. The van der Waals surface area contributed by atoms with Crippen LogP contribution in [0.1, 0.15) is 35.7 Å². The fourth-order valence-electron chi connectivity index (χ4n) is 3.29. The van der Waals surface area contributed by atoms with Crippen molar-refractivity contribution in [2.75, 3.05) is 18.5 Å². The Morgan fingerprint density at radius 2 is 2.18 bits per heavy atom. The molecule has 1 saturated heterocycles. The molecule has 7 heteroatoms. The van der Waals surface area contributed by atoms with Gasteiger partial charge >= 0.3 is 0 Å². The number of nitrogens with zero attached hydrogens (tertiary/aromatic N) is 2. The second-order valence-corrected chi connectivity index (χ2v) is 7.69. The van der Waals surface area contributed by atoms with Gasteiger partial charge in [-0.2, -0.15) is 0 Å². The second kappa shape index (κ2) is 7.98. The lowest BCUT2D eigenvalue weighted by atomic mass is 10.1. The maximum atomic E-state index is 12.7. The van der Waals surface area contributed by atoms with Crippen LogP contribution >= 0.6 is 11.3 Å². The topological polar surface area (TPSA) is 71.5 Å². The van der Waals surface area contributed by atoms with Gasteiger partial charge in [0.1, 0.15) is 5.75 Å². The molecule has 0 unspecified atom stereocenters. The number of thiazole rings is 1. The molecule has 0 saturated carbocycles. The third-order valence-electron chi connectivity index (χ3n) is 4.63. The summed E-state index contributed by atoms with van der Waals surface area (Å²) in [5.74, 6) is 0.759. The fourth-order valence-corrected chi connectivity index (χ4v) is 4.18. The summed E-state index contributed by atoms with van der Waals surface area (Å²) in [6.45, 7) is 3.87. The van der Waals surface area contributed by atoms with Crippen LogP contribution in [0.3, 0.4) is 0 Å². The van der Waals surface area contributed by atoms with Crippen molar-refractivity contribution in [3.8, 4) is 5.75 Å². The van der Waals surface area contributed by atoms with Gasteiger partial charge in [-0.3, -0.25) is 14.9 Å². The lowest BCUT2D eigenvalue weighted by molar-refractivity contribution is -0.128. The zero-order valence-corrected chi connectivity index (χ0v) is 16.4. The molecule has 0 bridgehead atoms. The smallest absolute Gasteiger partial charge is 0.257 e. The summed E-state index contributed by atoms with van der Waals surface area (Å²) in [5, 5.41) is 3.43. The van der Waals surface area contributed by atoms with Gasteiger partial charge in [0.25, 0.3) is 5.91 Å². The van der Waals surface area contributed by atoms with Crippen molar-refractivity contribution >= 4 is 38.5 Å². The molecule has 0 spiro atoms. The van der Waals surface area contributed by atoms with E-state index in [1.165, 1.54) is 11.3 Å². The predicted octanol–water partition coefficient (Wildman–Crippen LogP) is 4.07. The van der Waals surface area contributed by atoms with Crippen molar-refractivity contribution in [1.29, 1.82) is 0 Å². The Kier molecular flexibility index (Phi) is 5.25. The highest BCUT2D eigenvalue weighted by atomic mass is 32.1. The molecule has 28 heavy (non-hydrogen) atoms. The van der Waals surface area contributed by atoms with Crippen molar-refractivity contribution < 1.29 is 14.3 Å². The van der Waals surface area contributed by atoms with Crippen molar-refractivity contribution in [2.24, 2.45) is 0 Å². The number of likely N-dealkylation sites (tertiary alicyclic amines) is 1. The Bertz CT molecular complexity index is 1030. The number of hydrogen-bond acceptors (Lipinski definition) is 5. The summed E-state index contributed by atoms with van der Waals surface area (Å²) in [6.07, 6.45) is 1.52. The van der Waals surface area contributed by atoms with Crippen LogP contribution in [-0.4, -0.2) is 34.8 Å². The molecule has 3 aromatic rings. The number of carbonyl (C=O) groups is 2. The van der Waals surface area contributed by atoms with Gasteiger partial charge < -0.3 is 9.64 Å². The number of carbonyl (C=O) groups excluding carboxylic acids is 2. The van der Waals surface area contributed by atoms with Crippen LogP contribution in [0.4, 0.5) is 5.13 Å². The van der Waals surface area contributed by atoms with Crippen LogP contribution in [-0.2, 0) is 11.3 Å². The number of fused-ring (bicyclic) bond motifs is 1. The highest BCUT2D eigenvalue weighted by molar-refractivity contribution is 7.22. The first kappa shape index (κ1) is 18.4. The van der Waals surface area contributed by atoms with E-state index < -0.39 is 0 Å². The summed E-state index contributed by atoms with van der Waals surface area (Å²) in [6, 6.07) is 13.1. The maximum Gasteiger partial charge on any atom is 0.257 e. The van der Waals surface area contributed by atoms with Crippen molar-refractivity contribution in [1.82, 2.24) is 9.88 Å². The first-order valence-electron chi connectivity index (χ1n) is 9.34. The SMILES string of the molecule is CCOc1ccc2nc(NC(=O)c3cccc(CN4CCCC4=O)c3)sc2c1. The standard InChI is InChI=1S/C21H21N3O3S/c1-2-27-16-8-9-17-18(12-16)28-21(22-17)23-20(26)15-6-3-5-14(11-15)13-24-10-4-7-19(24)25/h3,5-6,8-9,11-12H,2,4,7,10,13H2,1H3,(H,22,23,26). The van der Waals surface area contributed by atoms with E-state index in [-0.39, 0.29) is 11.8 Å². The van der Waals surface area contributed by atoms with Crippen molar-refractivity contribution in [3.05, 3.63) is 53.6 Å². The third kappa shape index (κ3) is 3.99. The van der Waals surface area contributed by atoms with E-state index in [1.54, 1.807) is 6.07 Å². The minimum atomic E-state index is -0.210. The maximum absolute atomic E-state index is 12.7. The van der Waals surface area contributed by atoms with Gasteiger partial charge in [0.15, 0.2) is 5.13 Å². The number of hydrogen-bond donors (Lipinski definition) is 1. The van der Waals surface area contributed by atoms with Crippen LogP contribution in [0.25, 0.3) is 10.2 Å². The highest BCUT2D eigenvalue weighted by Crippen LogP contribution is 2.29. The van der Waals surface area contributed by atoms with Gasteiger partial charge in [-0.25, -0.2) is 4.98 Å². The molecule has 1 N–H and O–H groups in total. The Labute approximate surface area is 167 Å². The summed E-state index contributed by atoms with van der Waals surface area (Å²) in [7, 11) is 0. The van der Waals surface area contributed by atoms with E-state index in [4.69, 9.17) is 4.74 Å². The van der Waals surface area contributed by atoms with Crippen LogP contribution in [0, 0.1) is 0 Å². The molecule has 6 nitrogen and oxygen atoms in total. The Balaban J connectivity index is 1.48. The van der Waals surface area contributed by atoms with Crippen molar-refractivity contribution in [3.63, 3.8) is 0 Å². The van der Waals surface area contributed by atoms with Crippen LogP contribution in [0.5, 0.6) is 5.75 Å². The molecule has 1 aliphatic heterocycles. The van der Waals surface area contributed by atoms with E-state index >= 15 is 0 Å². The molecular formula is C21H21N3O3S. The zero-order chi connectivity index (χ0) is 19.5. The molecule has 1 fully saturated rings. The lowest BCUT2D eigenvalue weighted by Gasteiger charge is -2.15. The summed E-state index contributed by atoms with van der Waals surface area (Å²) < 4.78 is 6.47. The molecule has 2 heterocycles. The Hall–Kier alpha value is -2.93. The molecule has 0 aliphatic carbocycles. The third-order valence-corrected chi connectivity index (χ3v) is 5.56. The van der Waals surface area contributed by atoms with E-state index in [0.29, 0.717) is 30.3 Å². The first-order valence-corrected chi connectivity index (χ1v) is 10.2. The lowest BCUT2D eigenvalue weighted by Crippen LogP contribution is -2.24. The van der Waals surface area contributed by atoms with Gasteiger partial charge in [-0.05, 0) is 49.2 Å². The molecule has 4 rings (SSSR count). The summed E-state index contributed by atoms with van der Waals surface area (Å²) in [5.41, 5.74) is 2.33. The average molecular weight is 395 g/mol. The van der Waals surface area contributed by atoms with E-state index in [9.17, 15) is 9.59 Å². The Morgan fingerprint density at radius 3 is 2.96 bits per heavy atom. The van der Waals surface area contributed by atoms with Crippen LogP contribution in [0.15, 0.2) is 42.5 Å². The largest absolute Gasteiger partial charge is 0.494 e. The van der Waals surface area contributed by atoms with E-state index in [1.807, 2.05) is 48.2 Å². The van der Waals surface area contributed by atoms with Crippen molar-refractivity contribution in [2.45, 2.75) is 26.3 Å². The first-order chi connectivity index (χ1) is 13.6. The van der Waals surface area contributed by atoms with E-state index in [0.717, 1.165) is 34.5 Å². The van der Waals surface area contributed by atoms with Crippen LogP contribution < -0.4 is 10.1 Å². The Morgan fingerprint density at radius 1 is 1.29 bits per heavy atom. The van der Waals surface area contributed by atoms with Gasteiger partial charge in [0, 0.05) is 25.1 Å². The number of rotatable bonds is 6. The molecule has 0 atom stereocenters.